The fourth-order valence-corrected chi connectivity index (χ4v) is 2.09. The summed E-state index contributed by atoms with van der Waals surface area (Å²) in [5.74, 6) is 0. The van der Waals surface area contributed by atoms with E-state index in [2.05, 4.69) is 15.9 Å². The zero-order valence-corrected chi connectivity index (χ0v) is 11.1. The van der Waals surface area contributed by atoms with Crippen LogP contribution in [0.2, 0.25) is 0 Å². The second-order valence-corrected chi connectivity index (χ2v) is 4.92. The Labute approximate surface area is 108 Å². The van der Waals surface area contributed by atoms with Crippen LogP contribution in [-0.4, -0.2) is 4.57 Å². The predicted molar refractivity (Wildman–Crippen MR) is 73.1 cm³/mol. The van der Waals surface area contributed by atoms with Crippen molar-refractivity contribution in [3.8, 4) is 0 Å². The van der Waals surface area contributed by atoms with E-state index in [-0.39, 0.29) is 5.56 Å². The zero-order chi connectivity index (χ0) is 12.4. The van der Waals surface area contributed by atoms with Crippen molar-refractivity contribution in [3.63, 3.8) is 0 Å². The van der Waals surface area contributed by atoms with Crippen molar-refractivity contribution in [2.75, 3.05) is 5.73 Å². The maximum atomic E-state index is 11.8. The summed E-state index contributed by atoms with van der Waals surface area (Å²) in [7, 11) is 0. The standard InChI is InChI=1S/C13H13BrN2O/c1-9-5-13(17)16(8-12(9)15)7-10-3-2-4-11(14)6-10/h2-6,8H,7,15H2,1H3. The number of nitrogens with two attached hydrogens (primary N) is 1. The molecule has 0 atom stereocenters. The smallest absolute Gasteiger partial charge is 0.251 e. The molecule has 0 aliphatic heterocycles. The van der Waals surface area contributed by atoms with Gasteiger partial charge in [0.05, 0.1) is 12.2 Å². The molecule has 4 heteroatoms. The van der Waals surface area contributed by atoms with Gasteiger partial charge in [-0.15, -0.1) is 0 Å². The first-order valence-electron chi connectivity index (χ1n) is 5.27. The highest BCUT2D eigenvalue weighted by atomic mass is 79.9. The van der Waals surface area contributed by atoms with Gasteiger partial charge in [0.1, 0.15) is 0 Å². The molecule has 0 bridgehead atoms. The summed E-state index contributed by atoms with van der Waals surface area (Å²) in [5.41, 5.74) is 8.29. The number of nitrogens with zero attached hydrogens (tertiary/aromatic N) is 1. The third kappa shape index (κ3) is 2.77. The van der Waals surface area contributed by atoms with E-state index < -0.39 is 0 Å². The lowest BCUT2D eigenvalue weighted by Crippen LogP contribution is -2.20. The van der Waals surface area contributed by atoms with E-state index in [4.69, 9.17) is 5.73 Å². The van der Waals surface area contributed by atoms with Crippen molar-refractivity contribution < 1.29 is 0 Å². The van der Waals surface area contributed by atoms with E-state index in [1.54, 1.807) is 16.8 Å². The van der Waals surface area contributed by atoms with Crippen LogP contribution in [0.3, 0.4) is 0 Å². The van der Waals surface area contributed by atoms with Crippen LogP contribution in [0.15, 0.2) is 45.8 Å². The molecular formula is C13H13BrN2O. The maximum absolute atomic E-state index is 11.8. The van der Waals surface area contributed by atoms with Crippen LogP contribution >= 0.6 is 15.9 Å². The van der Waals surface area contributed by atoms with Gasteiger partial charge in [-0.25, -0.2) is 0 Å². The highest BCUT2D eigenvalue weighted by Gasteiger charge is 2.02. The van der Waals surface area contributed by atoms with Crippen molar-refractivity contribution in [1.82, 2.24) is 4.57 Å². The van der Waals surface area contributed by atoms with Gasteiger partial charge in [0.25, 0.3) is 5.56 Å². The van der Waals surface area contributed by atoms with Gasteiger partial charge in [-0.3, -0.25) is 4.79 Å². The van der Waals surface area contributed by atoms with Crippen LogP contribution in [0.5, 0.6) is 0 Å². The normalized spacial score (nSPS) is 10.5. The van der Waals surface area contributed by atoms with Crippen molar-refractivity contribution >= 4 is 21.6 Å². The minimum Gasteiger partial charge on any atom is -0.397 e. The van der Waals surface area contributed by atoms with Crippen molar-refractivity contribution in [3.05, 3.63) is 62.5 Å². The second kappa shape index (κ2) is 4.75. The number of hydrogen-bond acceptors (Lipinski definition) is 2. The summed E-state index contributed by atoms with van der Waals surface area (Å²) in [5, 5.41) is 0. The van der Waals surface area contributed by atoms with Crippen LogP contribution < -0.4 is 11.3 Å². The van der Waals surface area contributed by atoms with Crippen LogP contribution in [0, 0.1) is 6.92 Å². The van der Waals surface area contributed by atoms with E-state index in [0.717, 1.165) is 15.6 Å². The molecule has 1 aromatic heterocycles. The highest BCUT2D eigenvalue weighted by molar-refractivity contribution is 9.10. The van der Waals surface area contributed by atoms with Gasteiger partial charge in [-0.2, -0.15) is 0 Å². The molecule has 2 rings (SSSR count). The quantitative estimate of drug-likeness (QED) is 0.925. The number of halogens is 1. The van der Waals surface area contributed by atoms with E-state index in [9.17, 15) is 4.79 Å². The second-order valence-electron chi connectivity index (χ2n) is 4.01. The lowest BCUT2D eigenvalue weighted by Gasteiger charge is -2.08. The molecule has 0 aliphatic rings. The number of nitrogen functional groups attached to an aromatic ring is 1. The van der Waals surface area contributed by atoms with Crippen LogP contribution in [0.4, 0.5) is 5.69 Å². The third-order valence-corrected chi connectivity index (χ3v) is 3.11. The van der Waals surface area contributed by atoms with Gasteiger partial charge in [-0.1, -0.05) is 28.1 Å². The minimum absolute atomic E-state index is 0.0309. The molecule has 2 aromatic rings. The molecule has 0 fully saturated rings. The van der Waals surface area contributed by atoms with Gasteiger partial charge < -0.3 is 10.3 Å². The van der Waals surface area contributed by atoms with Crippen molar-refractivity contribution in [2.24, 2.45) is 0 Å². The van der Waals surface area contributed by atoms with Gasteiger partial charge in [0.2, 0.25) is 0 Å². The number of benzene rings is 1. The highest BCUT2D eigenvalue weighted by Crippen LogP contribution is 2.13. The van der Waals surface area contributed by atoms with Gasteiger partial charge in [0.15, 0.2) is 0 Å². The van der Waals surface area contributed by atoms with Crippen LogP contribution in [0.25, 0.3) is 0 Å². The Kier molecular flexibility index (Phi) is 3.33. The Bertz CT molecular complexity index is 605. The first kappa shape index (κ1) is 11.9. The molecule has 2 N–H and O–H groups in total. The SMILES string of the molecule is Cc1cc(=O)n(Cc2cccc(Br)c2)cc1N. The summed E-state index contributed by atoms with van der Waals surface area (Å²) in [4.78, 5) is 11.8. The summed E-state index contributed by atoms with van der Waals surface area (Å²) >= 11 is 3.41. The van der Waals surface area contributed by atoms with E-state index in [0.29, 0.717) is 12.2 Å². The average Bonchev–Trinajstić information content (AvgIpc) is 2.26. The molecule has 88 valence electrons. The lowest BCUT2D eigenvalue weighted by atomic mass is 10.2. The molecular weight excluding hydrogens is 280 g/mol. The van der Waals surface area contributed by atoms with Gasteiger partial charge >= 0.3 is 0 Å². The summed E-state index contributed by atoms with van der Waals surface area (Å²) in [6, 6.07) is 9.43. The molecule has 0 radical (unpaired) electrons. The number of rotatable bonds is 2. The Hall–Kier alpha value is -1.55. The van der Waals surface area contributed by atoms with Crippen molar-refractivity contribution in [2.45, 2.75) is 13.5 Å². The van der Waals surface area contributed by atoms with E-state index in [1.165, 1.54) is 0 Å². The summed E-state index contributed by atoms with van der Waals surface area (Å²) in [6.07, 6.45) is 1.69. The van der Waals surface area contributed by atoms with Gasteiger partial charge in [-0.05, 0) is 30.2 Å². The average molecular weight is 293 g/mol. The molecule has 1 aromatic carbocycles. The number of anilines is 1. The Morgan fingerprint density at radius 2 is 2.12 bits per heavy atom. The first-order chi connectivity index (χ1) is 8.06. The van der Waals surface area contributed by atoms with Crippen LogP contribution in [-0.2, 0) is 6.54 Å². The summed E-state index contributed by atoms with van der Waals surface area (Å²) < 4.78 is 2.62. The molecule has 0 amide bonds. The lowest BCUT2D eigenvalue weighted by molar-refractivity contribution is 0.759. The maximum Gasteiger partial charge on any atom is 0.251 e. The zero-order valence-electron chi connectivity index (χ0n) is 9.48. The topological polar surface area (TPSA) is 48.0 Å². The molecule has 17 heavy (non-hydrogen) atoms. The Morgan fingerprint density at radius 3 is 2.82 bits per heavy atom. The van der Waals surface area contributed by atoms with E-state index >= 15 is 0 Å². The number of aromatic nitrogens is 1. The number of hydrogen-bond donors (Lipinski definition) is 1. The van der Waals surface area contributed by atoms with Crippen LogP contribution in [0.1, 0.15) is 11.1 Å². The Balaban J connectivity index is 2.37. The molecule has 0 unspecified atom stereocenters. The van der Waals surface area contributed by atoms with Gasteiger partial charge in [0, 0.05) is 16.7 Å². The minimum atomic E-state index is -0.0309. The summed E-state index contributed by atoms with van der Waals surface area (Å²) in [6.45, 7) is 2.36. The Morgan fingerprint density at radius 1 is 1.35 bits per heavy atom. The molecule has 1 heterocycles. The number of pyridine rings is 1. The van der Waals surface area contributed by atoms with Crippen molar-refractivity contribution in [1.29, 1.82) is 0 Å². The fraction of sp³-hybridized carbons (Fsp3) is 0.154. The molecule has 0 saturated carbocycles. The monoisotopic (exact) mass is 292 g/mol. The molecule has 0 saturated heterocycles. The fourth-order valence-electron chi connectivity index (χ4n) is 1.64. The largest absolute Gasteiger partial charge is 0.397 e. The van der Waals surface area contributed by atoms with E-state index in [1.807, 2.05) is 31.2 Å². The third-order valence-electron chi connectivity index (χ3n) is 2.62. The first-order valence-corrected chi connectivity index (χ1v) is 6.06. The molecule has 0 aliphatic carbocycles. The molecule has 0 spiro atoms. The number of aryl methyl sites for hydroxylation is 1. The molecule has 3 nitrogen and oxygen atoms in total. The predicted octanol–water partition coefficient (Wildman–Crippen LogP) is 2.55.